The van der Waals surface area contributed by atoms with Crippen molar-refractivity contribution < 1.29 is 18.3 Å². The highest BCUT2D eigenvalue weighted by Gasteiger charge is 2.30. The second-order valence-electron chi connectivity index (χ2n) is 4.05. The summed E-state index contributed by atoms with van der Waals surface area (Å²) in [5, 5.41) is 12.1. The van der Waals surface area contributed by atoms with Crippen molar-refractivity contribution in [3.8, 4) is 5.75 Å². The van der Waals surface area contributed by atoms with Crippen LogP contribution in [0.3, 0.4) is 0 Å². The number of rotatable bonds is 3. The Morgan fingerprint density at radius 1 is 1.20 bits per heavy atom. The van der Waals surface area contributed by atoms with Crippen molar-refractivity contribution in [1.82, 2.24) is 4.98 Å². The van der Waals surface area contributed by atoms with Gasteiger partial charge in [-0.05, 0) is 30.3 Å². The van der Waals surface area contributed by atoms with E-state index >= 15 is 0 Å². The van der Waals surface area contributed by atoms with E-state index < -0.39 is 11.7 Å². The maximum Gasteiger partial charge on any atom is 0.416 e. The average Bonchev–Trinajstić information content (AvgIpc) is 2.38. The number of nitrogens with zero attached hydrogens (tertiary/aromatic N) is 1. The molecule has 1 aromatic carbocycles. The van der Waals surface area contributed by atoms with Crippen molar-refractivity contribution in [1.29, 1.82) is 0 Å². The maximum atomic E-state index is 12.6. The van der Waals surface area contributed by atoms with Crippen LogP contribution in [0, 0.1) is 0 Å². The molecule has 0 aliphatic heterocycles. The Hall–Kier alpha value is -1.95. The van der Waals surface area contributed by atoms with Crippen LogP contribution in [-0.2, 0) is 12.7 Å². The molecule has 0 amide bonds. The Kier molecular flexibility index (Phi) is 4.04. The number of anilines is 1. The maximum absolute atomic E-state index is 12.6. The van der Waals surface area contributed by atoms with E-state index in [4.69, 9.17) is 16.7 Å². The Labute approximate surface area is 118 Å². The van der Waals surface area contributed by atoms with E-state index in [1.54, 1.807) is 6.07 Å². The highest BCUT2D eigenvalue weighted by molar-refractivity contribution is 6.33. The van der Waals surface area contributed by atoms with Gasteiger partial charge in [0.1, 0.15) is 5.75 Å². The lowest BCUT2D eigenvalue weighted by molar-refractivity contribution is -0.137. The van der Waals surface area contributed by atoms with Gasteiger partial charge in [0.2, 0.25) is 0 Å². The Bertz CT molecular complexity index is 600. The van der Waals surface area contributed by atoms with Crippen LogP contribution < -0.4 is 5.32 Å². The average molecular weight is 303 g/mol. The third-order valence-electron chi connectivity index (χ3n) is 2.56. The molecule has 0 radical (unpaired) electrons. The molecule has 7 heteroatoms. The molecule has 20 heavy (non-hydrogen) atoms. The molecule has 1 heterocycles. The van der Waals surface area contributed by atoms with Crippen molar-refractivity contribution >= 4 is 17.3 Å². The van der Waals surface area contributed by atoms with Gasteiger partial charge in [-0.2, -0.15) is 13.2 Å². The molecule has 0 fully saturated rings. The molecule has 0 saturated carbocycles. The minimum atomic E-state index is -4.42. The van der Waals surface area contributed by atoms with Crippen LogP contribution in [0.2, 0.25) is 5.02 Å². The molecular formula is C13H10ClF3N2O. The zero-order valence-corrected chi connectivity index (χ0v) is 10.8. The van der Waals surface area contributed by atoms with E-state index in [2.05, 4.69) is 10.3 Å². The highest BCUT2D eigenvalue weighted by Crippen LogP contribution is 2.33. The van der Waals surface area contributed by atoms with Gasteiger partial charge in [-0.3, -0.25) is 4.98 Å². The van der Waals surface area contributed by atoms with Gasteiger partial charge in [0.15, 0.2) is 0 Å². The molecule has 0 bridgehead atoms. The summed E-state index contributed by atoms with van der Waals surface area (Å²) in [6, 6.07) is 6.06. The summed E-state index contributed by atoms with van der Waals surface area (Å²) >= 11 is 5.85. The first kappa shape index (κ1) is 14.5. The minimum absolute atomic E-state index is 0.0193. The van der Waals surface area contributed by atoms with E-state index in [0.717, 1.165) is 12.1 Å². The topological polar surface area (TPSA) is 45.1 Å². The molecule has 0 saturated heterocycles. The minimum Gasteiger partial charge on any atom is -0.506 e. The van der Waals surface area contributed by atoms with Crippen LogP contribution in [0.1, 0.15) is 11.3 Å². The number of hydrogen-bond acceptors (Lipinski definition) is 3. The number of benzene rings is 1. The summed E-state index contributed by atoms with van der Waals surface area (Å²) in [5.41, 5.74) is -0.0317. The van der Waals surface area contributed by atoms with E-state index in [9.17, 15) is 13.2 Å². The van der Waals surface area contributed by atoms with Crippen molar-refractivity contribution in [2.24, 2.45) is 0 Å². The first-order valence-electron chi connectivity index (χ1n) is 5.61. The van der Waals surface area contributed by atoms with Gasteiger partial charge < -0.3 is 10.4 Å². The van der Waals surface area contributed by atoms with E-state index in [0.29, 0.717) is 5.69 Å². The fraction of sp³-hybridized carbons (Fsp3) is 0.154. The predicted octanol–water partition coefficient (Wildman–Crippen LogP) is 4.07. The number of halogens is 4. The lowest BCUT2D eigenvalue weighted by Crippen LogP contribution is -2.07. The molecule has 2 rings (SSSR count). The zero-order valence-electron chi connectivity index (χ0n) is 10.1. The molecule has 1 aromatic heterocycles. The molecule has 0 aliphatic rings. The van der Waals surface area contributed by atoms with Crippen molar-refractivity contribution in [3.63, 3.8) is 0 Å². The Morgan fingerprint density at radius 2 is 1.95 bits per heavy atom. The third kappa shape index (κ3) is 3.54. The third-order valence-corrected chi connectivity index (χ3v) is 2.89. The number of hydrogen-bond donors (Lipinski definition) is 2. The first-order chi connectivity index (χ1) is 9.36. The van der Waals surface area contributed by atoms with Crippen LogP contribution in [0.4, 0.5) is 18.9 Å². The summed E-state index contributed by atoms with van der Waals surface area (Å²) in [7, 11) is 0. The molecule has 2 aromatic rings. The molecule has 2 N–H and O–H groups in total. The van der Waals surface area contributed by atoms with Gasteiger partial charge in [0.05, 0.1) is 34.7 Å². The molecule has 3 nitrogen and oxygen atoms in total. The lowest BCUT2D eigenvalue weighted by Gasteiger charge is -2.12. The van der Waals surface area contributed by atoms with Gasteiger partial charge in [-0.1, -0.05) is 11.6 Å². The summed E-state index contributed by atoms with van der Waals surface area (Å²) in [6.45, 7) is 0.196. The van der Waals surface area contributed by atoms with Gasteiger partial charge in [-0.25, -0.2) is 0 Å². The second-order valence-corrected chi connectivity index (χ2v) is 4.46. The normalized spacial score (nSPS) is 11.4. The summed E-state index contributed by atoms with van der Waals surface area (Å²) in [4.78, 5) is 3.92. The van der Waals surface area contributed by atoms with E-state index in [-0.39, 0.29) is 23.0 Å². The fourth-order valence-electron chi connectivity index (χ4n) is 1.54. The number of aromatic nitrogens is 1. The summed E-state index contributed by atoms with van der Waals surface area (Å²) in [6.07, 6.45) is -3.16. The van der Waals surface area contributed by atoms with E-state index in [1.807, 2.05) is 0 Å². The Morgan fingerprint density at radius 3 is 2.55 bits per heavy atom. The fourth-order valence-corrected chi connectivity index (χ4v) is 1.73. The summed E-state index contributed by atoms with van der Waals surface area (Å²) in [5.74, 6) is 0.0193. The zero-order chi connectivity index (χ0) is 14.8. The Balaban J connectivity index is 2.14. The van der Waals surface area contributed by atoms with Crippen LogP contribution in [0.15, 0.2) is 36.5 Å². The number of alkyl halides is 3. The predicted molar refractivity (Wildman–Crippen MR) is 69.7 cm³/mol. The van der Waals surface area contributed by atoms with Crippen molar-refractivity contribution in [3.05, 3.63) is 52.8 Å². The van der Waals surface area contributed by atoms with Crippen LogP contribution >= 0.6 is 11.6 Å². The van der Waals surface area contributed by atoms with E-state index in [1.165, 1.54) is 18.3 Å². The smallest absolute Gasteiger partial charge is 0.416 e. The first-order valence-corrected chi connectivity index (χ1v) is 5.98. The SMILES string of the molecule is Oc1ccc(CNc2cc(C(F)(F)F)ccc2Cl)nc1. The van der Waals surface area contributed by atoms with Gasteiger partial charge in [0.25, 0.3) is 0 Å². The standard InChI is InChI=1S/C13H10ClF3N2O/c14-11-4-1-8(13(15,16)17)5-12(11)19-6-9-2-3-10(20)7-18-9/h1-5,7,19-20H,6H2. The van der Waals surface area contributed by atoms with Crippen LogP contribution in [-0.4, -0.2) is 10.1 Å². The van der Waals surface area contributed by atoms with Gasteiger partial charge in [0, 0.05) is 0 Å². The molecule has 106 valence electrons. The quantitative estimate of drug-likeness (QED) is 0.898. The molecular weight excluding hydrogens is 293 g/mol. The summed E-state index contributed by atoms with van der Waals surface area (Å²) < 4.78 is 37.8. The molecule has 0 aliphatic carbocycles. The van der Waals surface area contributed by atoms with Gasteiger partial charge in [-0.15, -0.1) is 0 Å². The van der Waals surface area contributed by atoms with Crippen LogP contribution in [0.25, 0.3) is 0 Å². The van der Waals surface area contributed by atoms with Gasteiger partial charge >= 0.3 is 6.18 Å². The number of aromatic hydroxyl groups is 1. The molecule has 0 atom stereocenters. The highest BCUT2D eigenvalue weighted by atomic mass is 35.5. The van der Waals surface area contributed by atoms with Crippen molar-refractivity contribution in [2.45, 2.75) is 12.7 Å². The molecule has 0 spiro atoms. The monoisotopic (exact) mass is 302 g/mol. The van der Waals surface area contributed by atoms with Crippen molar-refractivity contribution in [2.75, 3.05) is 5.32 Å². The largest absolute Gasteiger partial charge is 0.506 e. The number of pyridine rings is 1. The lowest BCUT2D eigenvalue weighted by atomic mass is 10.2. The van der Waals surface area contributed by atoms with Crippen LogP contribution in [0.5, 0.6) is 5.75 Å². The number of nitrogens with one attached hydrogen (secondary N) is 1. The second kappa shape index (κ2) is 5.58. The molecule has 0 unspecified atom stereocenters.